The lowest BCUT2D eigenvalue weighted by Gasteiger charge is -2.20. The van der Waals surface area contributed by atoms with E-state index in [1.807, 2.05) is 11.6 Å². The van der Waals surface area contributed by atoms with Gasteiger partial charge in [0.1, 0.15) is 11.6 Å². The van der Waals surface area contributed by atoms with Crippen LogP contribution in [-0.2, 0) is 23.8 Å². The van der Waals surface area contributed by atoms with E-state index in [1.54, 1.807) is 4.31 Å². The summed E-state index contributed by atoms with van der Waals surface area (Å²) in [7, 11) is -1.51. The Morgan fingerprint density at radius 3 is 2.43 bits per heavy atom. The van der Waals surface area contributed by atoms with E-state index in [1.165, 1.54) is 0 Å². The average Bonchev–Trinajstić information content (AvgIpc) is 3.25. The van der Waals surface area contributed by atoms with Crippen LogP contribution in [0.25, 0.3) is 0 Å². The third-order valence-electron chi connectivity index (χ3n) is 4.26. The van der Waals surface area contributed by atoms with Crippen LogP contribution in [0, 0.1) is 0 Å². The van der Waals surface area contributed by atoms with Gasteiger partial charge in [-0.15, -0.1) is 10.2 Å². The predicted octanol–water partition coefficient (Wildman–Crippen LogP) is 0.903. The van der Waals surface area contributed by atoms with Crippen molar-refractivity contribution < 1.29 is 8.42 Å². The normalized spacial score (nSPS) is 21.4. The molecule has 8 heteroatoms. The first-order chi connectivity index (χ1) is 10.1. The van der Waals surface area contributed by atoms with Gasteiger partial charge in [0.05, 0.1) is 6.54 Å². The minimum atomic E-state index is -3.41. The van der Waals surface area contributed by atoms with Crippen LogP contribution < -0.4 is 4.72 Å². The lowest BCUT2D eigenvalue weighted by atomic mass is 10.2. The van der Waals surface area contributed by atoms with Crippen molar-refractivity contribution in [3.63, 3.8) is 0 Å². The summed E-state index contributed by atoms with van der Waals surface area (Å²) in [5.41, 5.74) is 0. The van der Waals surface area contributed by atoms with Crippen LogP contribution in [0.15, 0.2) is 0 Å². The van der Waals surface area contributed by atoms with Gasteiger partial charge in [-0.1, -0.05) is 12.8 Å². The van der Waals surface area contributed by atoms with E-state index in [4.69, 9.17) is 0 Å². The molecule has 1 aliphatic heterocycles. The standard InChI is InChI=1S/C13H23N5O2S/c1-17-12(15-16-13(17)11-6-7-11)10-14-21(19,20)18-8-4-2-3-5-9-18/h11,14H,2-10H2,1H3. The first-order valence-electron chi connectivity index (χ1n) is 7.71. The van der Waals surface area contributed by atoms with Crippen molar-refractivity contribution in [2.75, 3.05) is 13.1 Å². The SMILES string of the molecule is Cn1c(CNS(=O)(=O)N2CCCCCC2)nnc1C1CC1. The molecule has 1 N–H and O–H groups in total. The van der Waals surface area contributed by atoms with Gasteiger partial charge in [-0.05, 0) is 25.7 Å². The zero-order valence-corrected chi connectivity index (χ0v) is 13.3. The van der Waals surface area contributed by atoms with Crippen molar-refractivity contribution in [2.24, 2.45) is 7.05 Å². The number of nitrogens with one attached hydrogen (secondary N) is 1. The van der Waals surface area contributed by atoms with Crippen LogP contribution >= 0.6 is 0 Å². The monoisotopic (exact) mass is 313 g/mol. The third-order valence-corrected chi connectivity index (χ3v) is 5.81. The van der Waals surface area contributed by atoms with Crippen molar-refractivity contribution in [1.82, 2.24) is 23.8 Å². The lowest BCUT2D eigenvalue weighted by Crippen LogP contribution is -2.41. The zero-order valence-electron chi connectivity index (χ0n) is 12.5. The van der Waals surface area contributed by atoms with E-state index in [9.17, 15) is 8.42 Å². The second-order valence-electron chi connectivity index (χ2n) is 5.95. The van der Waals surface area contributed by atoms with E-state index in [-0.39, 0.29) is 6.54 Å². The molecule has 3 rings (SSSR count). The molecule has 0 bridgehead atoms. The highest BCUT2D eigenvalue weighted by Gasteiger charge is 2.29. The summed E-state index contributed by atoms with van der Waals surface area (Å²) >= 11 is 0. The summed E-state index contributed by atoms with van der Waals surface area (Å²) < 4.78 is 30.8. The fraction of sp³-hybridized carbons (Fsp3) is 0.846. The average molecular weight is 313 g/mol. The zero-order chi connectivity index (χ0) is 14.9. The third kappa shape index (κ3) is 3.44. The van der Waals surface area contributed by atoms with Crippen LogP contribution in [0.5, 0.6) is 0 Å². The fourth-order valence-electron chi connectivity index (χ4n) is 2.76. The summed E-state index contributed by atoms with van der Waals surface area (Å²) in [6.07, 6.45) is 6.42. The lowest BCUT2D eigenvalue weighted by molar-refractivity contribution is 0.413. The number of hydrogen-bond donors (Lipinski definition) is 1. The Labute approximate surface area is 125 Å². The summed E-state index contributed by atoms with van der Waals surface area (Å²) in [6.45, 7) is 1.43. The van der Waals surface area contributed by atoms with Gasteiger partial charge >= 0.3 is 0 Å². The largest absolute Gasteiger partial charge is 0.317 e. The maximum absolute atomic E-state index is 12.3. The number of rotatable bonds is 5. The molecule has 1 saturated heterocycles. The van der Waals surface area contributed by atoms with Gasteiger partial charge in [0.2, 0.25) is 0 Å². The summed E-state index contributed by atoms with van der Waals surface area (Å²) in [5.74, 6) is 2.16. The van der Waals surface area contributed by atoms with E-state index < -0.39 is 10.2 Å². The van der Waals surface area contributed by atoms with Gasteiger partial charge in [-0.2, -0.15) is 17.4 Å². The molecule has 2 aliphatic rings. The Morgan fingerprint density at radius 2 is 1.81 bits per heavy atom. The number of aromatic nitrogens is 3. The van der Waals surface area contributed by atoms with Gasteiger partial charge in [-0.3, -0.25) is 0 Å². The highest BCUT2D eigenvalue weighted by molar-refractivity contribution is 7.87. The van der Waals surface area contributed by atoms with Gasteiger partial charge in [0, 0.05) is 26.1 Å². The molecule has 2 fully saturated rings. The highest BCUT2D eigenvalue weighted by Crippen LogP contribution is 2.38. The van der Waals surface area contributed by atoms with Gasteiger partial charge in [-0.25, -0.2) is 0 Å². The van der Waals surface area contributed by atoms with Crippen LogP contribution in [0.4, 0.5) is 0 Å². The maximum Gasteiger partial charge on any atom is 0.279 e. The highest BCUT2D eigenvalue weighted by atomic mass is 32.2. The van der Waals surface area contributed by atoms with Crippen molar-refractivity contribution in [1.29, 1.82) is 0 Å². The summed E-state index contributed by atoms with van der Waals surface area (Å²) in [6, 6.07) is 0. The molecule has 0 spiro atoms. The predicted molar refractivity (Wildman–Crippen MR) is 78.8 cm³/mol. The number of hydrogen-bond acceptors (Lipinski definition) is 4. The van der Waals surface area contributed by atoms with Crippen LogP contribution in [-0.4, -0.2) is 40.6 Å². The molecule has 2 heterocycles. The van der Waals surface area contributed by atoms with Crippen molar-refractivity contribution in [3.05, 3.63) is 11.6 Å². The molecule has 21 heavy (non-hydrogen) atoms. The molecule has 1 aromatic heterocycles. The summed E-state index contributed by atoms with van der Waals surface area (Å²) in [4.78, 5) is 0. The molecule has 7 nitrogen and oxygen atoms in total. The van der Waals surface area contributed by atoms with Gasteiger partial charge in [0.25, 0.3) is 10.2 Å². The summed E-state index contributed by atoms with van der Waals surface area (Å²) in [5, 5.41) is 8.28. The molecule has 1 aliphatic carbocycles. The molecular formula is C13H23N5O2S. The van der Waals surface area contributed by atoms with Crippen molar-refractivity contribution in [2.45, 2.75) is 51.0 Å². The van der Waals surface area contributed by atoms with Crippen LogP contribution in [0.3, 0.4) is 0 Å². The molecule has 0 amide bonds. The van der Waals surface area contributed by atoms with E-state index in [0.29, 0.717) is 24.8 Å². The number of nitrogens with zero attached hydrogens (tertiary/aromatic N) is 4. The molecule has 0 atom stereocenters. The maximum atomic E-state index is 12.3. The smallest absolute Gasteiger partial charge is 0.279 e. The van der Waals surface area contributed by atoms with Crippen molar-refractivity contribution in [3.8, 4) is 0 Å². The molecule has 118 valence electrons. The van der Waals surface area contributed by atoms with Crippen molar-refractivity contribution >= 4 is 10.2 Å². The molecule has 1 aromatic rings. The Hall–Kier alpha value is -0.990. The molecule has 0 unspecified atom stereocenters. The minimum absolute atomic E-state index is 0.203. The molecular weight excluding hydrogens is 290 g/mol. The topological polar surface area (TPSA) is 80.1 Å². The minimum Gasteiger partial charge on any atom is -0.317 e. The second kappa shape index (κ2) is 6.02. The van der Waals surface area contributed by atoms with E-state index in [2.05, 4.69) is 14.9 Å². The Morgan fingerprint density at radius 1 is 1.14 bits per heavy atom. The van der Waals surface area contributed by atoms with Gasteiger partial charge in [0.15, 0.2) is 0 Å². The Balaban J connectivity index is 1.63. The quantitative estimate of drug-likeness (QED) is 0.876. The first kappa shape index (κ1) is 14.9. The van der Waals surface area contributed by atoms with Crippen LogP contribution in [0.2, 0.25) is 0 Å². The van der Waals surface area contributed by atoms with Crippen LogP contribution in [0.1, 0.15) is 56.1 Å². The fourth-order valence-corrected chi connectivity index (χ4v) is 3.99. The van der Waals surface area contributed by atoms with E-state index >= 15 is 0 Å². The second-order valence-corrected chi connectivity index (χ2v) is 7.70. The molecule has 0 radical (unpaired) electrons. The molecule has 1 saturated carbocycles. The van der Waals surface area contributed by atoms with E-state index in [0.717, 1.165) is 44.3 Å². The Bertz CT molecular complexity index is 586. The van der Waals surface area contributed by atoms with Gasteiger partial charge < -0.3 is 4.57 Å². The first-order valence-corrected chi connectivity index (χ1v) is 9.15. The Kier molecular flexibility index (Phi) is 4.28. The molecule has 0 aromatic carbocycles.